The Kier molecular flexibility index (Phi) is 3.62. The van der Waals surface area contributed by atoms with Crippen molar-refractivity contribution >= 4 is 10.9 Å². The summed E-state index contributed by atoms with van der Waals surface area (Å²) >= 11 is 0. The summed E-state index contributed by atoms with van der Waals surface area (Å²) in [7, 11) is 0. The Bertz CT molecular complexity index is 441. The molecule has 0 fully saturated rings. The van der Waals surface area contributed by atoms with E-state index < -0.39 is 0 Å². The van der Waals surface area contributed by atoms with E-state index in [0.29, 0.717) is 6.04 Å². The fraction of sp³-hybridized carbons (Fsp3) is 0.429. The third-order valence-corrected chi connectivity index (χ3v) is 3.24. The third-order valence-electron chi connectivity index (χ3n) is 3.24. The first kappa shape index (κ1) is 11.2. The first-order valence-electron chi connectivity index (χ1n) is 6.13. The van der Waals surface area contributed by atoms with Crippen LogP contribution in [0, 0.1) is 0 Å². The number of aromatic nitrogens is 1. The van der Waals surface area contributed by atoms with Crippen LogP contribution in [0.15, 0.2) is 30.5 Å². The number of fused-ring (bicyclic) bond motifs is 1. The van der Waals surface area contributed by atoms with E-state index >= 15 is 0 Å². The largest absolute Gasteiger partial charge is 0.361 e. The number of rotatable bonds is 5. The highest BCUT2D eigenvalue weighted by Crippen LogP contribution is 2.16. The average Bonchev–Trinajstić information content (AvgIpc) is 2.79. The van der Waals surface area contributed by atoms with Crippen LogP contribution in [0.5, 0.6) is 0 Å². The lowest BCUT2D eigenvalue weighted by atomic mass is 10.1. The van der Waals surface area contributed by atoms with Gasteiger partial charge in [-0.1, -0.05) is 32.0 Å². The van der Waals surface area contributed by atoms with Gasteiger partial charge in [0.25, 0.3) is 0 Å². The molecule has 16 heavy (non-hydrogen) atoms. The summed E-state index contributed by atoms with van der Waals surface area (Å²) in [4.78, 5) is 3.31. The smallest absolute Gasteiger partial charge is 0.0499 e. The van der Waals surface area contributed by atoms with Crippen molar-refractivity contribution in [3.05, 3.63) is 36.0 Å². The highest BCUT2D eigenvalue weighted by Gasteiger charge is 2.05. The Balaban J connectivity index is 2.11. The number of hydrogen-bond acceptors (Lipinski definition) is 1. The SMILES string of the molecule is CCC(CC)NCc1cccc2cc[nH]c12. The molecule has 2 rings (SSSR count). The molecular weight excluding hydrogens is 196 g/mol. The second-order valence-electron chi connectivity index (χ2n) is 4.25. The lowest BCUT2D eigenvalue weighted by Gasteiger charge is -2.14. The first-order chi connectivity index (χ1) is 7.85. The predicted octanol–water partition coefficient (Wildman–Crippen LogP) is 3.45. The van der Waals surface area contributed by atoms with Crippen molar-refractivity contribution in [2.24, 2.45) is 0 Å². The van der Waals surface area contributed by atoms with E-state index in [0.717, 1.165) is 6.54 Å². The number of aromatic amines is 1. The first-order valence-corrected chi connectivity index (χ1v) is 6.13. The Morgan fingerprint density at radius 2 is 2.00 bits per heavy atom. The van der Waals surface area contributed by atoms with E-state index in [4.69, 9.17) is 0 Å². The van der Waals surface area contributed by atoms with Gasteiger partial charge in [0.2, 0.25) is 0 Å². The molecule has 2 heteroatoms. The molecule has 0 aliphatic rings. The molecule has 2 aromatic rings. The molecule has 0 saturated heterocycles. The van der Waals surface area contributed by atoms with Crippen LogP contribution < -0.4 is 5.32 Å². The topological polar surface area (TPSA) is 27.8 Å². The summed E-state index contributed by atoms with van der Waals surface area (Å²) in [5.41, 5.74) is 2.62. The van der Waals surface area contributed by atoms with E-state index in [1.54, 1.807) is 0 Å². The van der Waals surface area contributed by atoms with Gasteiger partial charge in [-0.15, -0.1) is 0 Å². The van der Waals surface area contributed by atoms with Crippen LogP contribution in [0.1, 0.15) is 32.3 Å². The van der Waals surface area contributed by atoms with Crippen molar-refractivity contribution < 1.29 is 0 Å². The van der Waals surface area contributed by atoms with Crippen molar-refractivity contribution in [3.8, 4) is 0 Å². The van der Waals surface area contributed by atoms with Crippen molar-refractivity contribution in [3.63, 3.8) is 0 Å². The monoisotopic (exact) mass is 216 g/mol. The summed E-state index contributed by atoms with van der Waals surface area (Å²) in [5, 5.41) is 4.89. The van der Waals surface area contributed by atoms with Gasteiger partial charge in [0.15, 0.2) is 0 Å². The fourth-order valence-electron chi connectivity index (χ4n) is 2.13. The predicted molar refractivity (Wildman–Crippen MR) is 69.5 cm³/mol. The highest BCUT2D eigenvalue weighted by molar-refractivity contribution is 5.82. The zero-order chi connectivity index (χ0) is 11.4. The summed E-state index contributed by atoms with van der Waals surface area (Å²) in [6.07, 6.45) is 4.39. The van der Waals surface area contributed by atoms with E-state index in [1.807, 2.05) is 6.20 Å². The molecule has 1 heterocycles. The minimum Gasteiger partial charge on any atom is -0.361 e. The zero-order valence-corrected chi connectivity index (χ0v) is 10.1. The number of nitrogens with one attached hydrogen (secondary N) is 2. The lowest BCUT2D eigenvalue weighted by Crippen LogP contribution is -2.27. The second-order valence-corrected chi connectivity index (χ2v) is 4.25. The van der Waals surface area contributed by atoms with E-state index in [-0.39, 0.29) is 0 Å². The molecule has 0 radical (unpaired) electrons. The minimum absolute atomic E-state index is 0.630. The molecule has 0 saturated carbocycles. The molecular formula is C14H20N2. The van der Waals surface area contributed by atoms with Crippen LogP contribution in [-0.4, -0.2) is 11.0 Å². The Hall–Kier alpha value is -1.28. The molecule has 1 aromatic carbocycles. The van der Waals surface area contributed by atoms with Gasteiger partial charge in [-0.2, -0.15) is 0 Å². The van der Waals surface area contributed by atoms with Crippen LogP contribution in [0.4, 0.5) is 0 Å². The van der Waals surface area contributed by atoms with Crippen LogP contribution in [0.3, 0.4) is 0 Å². The minimum atomic E-state index is 0.630. The molecule has 0 bridgehead atoms. The standard InChI is InChI=1S/C14H20N2/c1-3-13(4-2)16-10-12-7-5-6-11-8-9-15-14(11)12/h5-9,13,15-16H,3-4,10H2,1-2H3. The van der Waals surface area contributed by atoms with Crippen LogP contribution in [0.2, 0.25) is 0 Å². The molecule has 0 unspecified atom stereocenters. The Morgan fingerprint density at radius 3 is 2.75 bits per heavy atom. The Morgan fingerprint density at radius 1 is 1.19 bits per heavy atom. The third kappa shape index (κ3) is 2.27. The van der Waals surface area contributed by atoms with Crippen molar-refractivity contribution in [1.29, 1.82) is 0 Å². The summed E-state index contributed by atoms with van der Waals surface area (Å²) < 4.78 is 0. The summed E-state index contributed by atoms with van der Waals surface area (Å²) in [5.74, 6) is 0. The van der Waals surface area contributed by atoms with Gasteiger partial charge in [0, 0.05) is 24.3 Å². The number of benzene rings is 1. The zero-order valence-electron chi connectivity index (χ0n) is 10.1. The van der Waals surface area contributed by atoms with Crippen molar-refractivity contribution in [2.45, 2.75) is 39.3 Å². The van der Waals surface area contributed by atoms with Crippen LogP contribution >= 0.6 is 0 Å². The maximum Gasteiger partial charge on any atom is 0.0499 e. The molecule has 1 aromatic heterocycles. The quantitative estimate of drug-likeness (QED) is 0.787. The van der Waals surface area contributed by atoms with Gasteiger partial charge in [0.05, 0.1) is 0 Å². The van der Waals surface area contributed by atoms with Gasteiger partial charge in [0.1, 0.15) is 0 Å². The molecule has 0 atom stereocenters. The fourth-order valence-corrected chi connectivity index (χ4v) is 2.13. The molecule has 0 aliphatic carbocycles. The molecule has 86 valence electrons. The van der Waals surface area contributed by atoms with Gasteiger partial charge >= 0.3 is 0 Å². The number of para-hydroxylation sites is 1. The van der Waals surface area contributed by atoms with E-state index in [9.17, 15) is 0 Å². The van der Waals surface area contributed by atoms with E-state index in [2.05, 4.69) is 48.4 Å². The maximum absolute atomic E-state index is 3.60. The van der Waals surface area contributed by atoms with Crippen molar-refractivity contribution in [1.82, 2.24) is 10.3 Å². The highest BCUT2D eigenvalue weighted by atomic mass is 14.9. The maximum atomic E-state index is 3.60. The van der Waals surface area contributed by atoms with Gasteiger partial charge < -0.3 is 10.3 Å². The van der Waals surface area contributed by atoms with Gasteiger partial charge in [-0.25, -0.2) is 0 Å². The summed E-state index contributed by atoms with van der Waals surface area (Å²) in [6.45, 7) is 5.41. The van der Waals surface area contributed by atoms with E-state index in [1.165, 1.54) is 29.3 Å². The molecule has 2 N–H and O–H groups in total. The van der Waals surface area contributed by atoms with Gasteiger partial charge in [-0.05, 0) is 29.9 Å². The van der Waals surface area contributed by atoms with Gasteiger partial charge in [-0.3, -0.25) is 0 Å². The average molecular weight is 216 g/mol. The lowest BCUT2D eigenvalue weighted by molar-refractivity contribution is 0.485. The van der Waals surface area contributed by atoms with Crippen molar-refractivity contribution in [2.75, 3.05) is 0 Å². The molecule has 0 amide bonds. The second kappa shape index (κ2) is 5.17. The molecule has 0 aliphatic heterocycles. The summed E-state index contributed by atoms with van der Waals surface area (Å²) in [6, 6.07) is 9.21. The molecule has 2 nitrogen and oxygen atoms in total. The Labute approximate surface area is 97.1 Å². The van der Waals surface area contributed by atoms with Crippen LogP contribution in [-0.2, 0) is 6.54 Å². The van der Waals surface area contributed by atoms with Crippen LogP contribution in [0.25, 0.3) is 10.9 Å². The number of hydrogen-bond donors (Lipinski definition) is 2. The normalized spacial score (nSPS) is 11.4. The molecule has 0 spiro atoms. The number of H-pyrrole nitrogens is 1.